The molecule has 25 heavy (non-hydrogen) atoms. The fourth-order valence-corrected chi connectivity index (χ4v) is 2.33. The van der Waals surface area contributed by atoms with Crippen molar-refractivity contribution in [3.63, 3.8) is 0 Å². The van der Waals surface area contributed by atoms with Crippen LogP contribution >= 0.6 is 0 Å². The Hall–Kier alpha value is -3.15. The summed E-state index contributed by atoms with van der Waals surface area (Å²) in [5.74, 6) is 0.871. The van der Waals surface area contributed by atoms with E-state index in [0.29, 0.717) is 11.7 Å². The molecule has 0 bridgehead atoms. The number of hydrogen-bond donors (Lipinski definition) is 1. The number of methoxy groups -OCH3 is 1. The molecule has 0 aliphatic rings. The molecule has 2 aromatic carbocycles. The maximum atomic E-state index is 12.9. The van der Waals surface area contributed by atoms with Gasteiger partial charge in [-0.05, 0) is 48.9 Å². The molecule has 0 atom stereocenters. The number of carbonyl (C=O) groups excluding carboxylic acids is 1. The van der Waals surface area contributed by atoms with Gasteiger partial charge in [-0.2, -0.15) is 0 Å². The van der Waals surface area contributed by atoms with Gasteiger partial charge in [0.05, 0.1) is 7.11 Å². The number of nitrogens with one attached hydrogen (secondary N) is 1. The molecule has 0 aliphatic heterocycles. The molecule has 0 unspecified atom stereocenters. The molecule has 1 heterocycles. The summed E-state index contributed by atoms with van der Waals surface area (Å²) in [5.41, 5.74) is 1.78. The maximum absolute atomic E-state index is 12.9. The Labute approximate surface area is 144 Å². The van der Waals surface area contributed by atoms with Crippen molar-refractivity contribution < 1.29 is 18.3 Å². The average molecular weight is 340 g/mol. The lowest BCUT2D eigenvalue weighted by Crippen LogP contribution is -2.23. The average Bonchev–Trinajstić information content (AvgIpc) is 3.03. The van der Waals surface area contributed by atoms with Crippen LogP contribution in [0.3, 0.4) is 0 Å². The Morgan fingerprint density at radius 3 is 2.48 bits per heavy atom. The van der Waals surface area contributed by atoms with E-state index in [1.165, 1.54) is 12.1 Å². The first-order valence-corrected chi connectivity index (χ1v) is 7.71. The van der Waals surface area contributed by atoms with Crippen molar-refractivity contribution in [1.29, 1.82) is 0 Å². The second-order valence-corrected chi connectivity index (χ2v) is 5.46. The Morgan fingerprint density at radius 1 is 1.16 bits per heavy atom. The van der Waals surface area contributed by atoms with E-state index in [2.05, 4.69) is 10.3 Å². The first kappa shape index (κ1) is 16.7. The van der Waals surface area contributed by atoms with Crippen LogP contribution < -0.4 is 10.1 Å². The largest absolute Gasteiger partial charge is 0.497 e. The van der Waals surface area contributed by atoms with E-state index >= 15 is 0 Å². The van der Waals surface area contributed by atoms with Crippen LogP contribution in [-0.2, 0) is 6.54 Å². The third-order valence-electron chi connectivity index (χ3n) is 3.71. The van der Waals surface area contributed by atoms with Crippen LogP contribution in [-0.4, -0.2) is 18.0 Å². The number of halogens is 1. The Balaban J connectivity index is 1.72. The maximum Gasteiger partial charge on any atom is 0.273 e. The smallest absolute Gasteiger partial charge is 0.273 e. The Kier molecular flexibility index (Phi) is 4.79. The molecule has 0 saturated heterocycles. The minimum absolute atomic E-state index is 0.230. The molecule has 0 spiro atoms. The highest BCUT2D eigenvalue weighted by Crippen LogP contribution is 2.24. The van der Waals surface area contributed by atoms with Crippen LogP contribution in [0.15, 0.2) is 52.9 Å². The number of aryl methyl sites for hydroxylation is 1. The number of ether oxygens (including phenoxy) is 1. The highest BCUT2D eigenvalue weighted by atomic mass is 19.1. The van der Waals surface area contributed by atoms with E-state index in [1.807, 2.05) is 12.1 Å². The number of benzene rings is 2. The van der Waals surface area contributed by atoms with Gasteiger partial charge in [0.25, 0.3) is 5.91 Å². The fraction of sp³-hybridized carbons (Fsp3) is 0.158. The normalized spacial score (nSPS) is 10.5. The molecule has 3 aromatic rings. The molecule has 0 radical (unpaired) electrons. The van der Waals surface area contributed by atoms with E-state index in [9.17, 15) is 9.18 Å². The molecule has 5 nitrogen and oxygen atoms in total. The summed E-state index contributed by atoms with van der Waals surface area (Å²) in [4.78, 5) is 16.6. The zero-order valence-electron chi connectivity index (χ0n) is 13.9. The minimum atomic E-state index is -0.342. The molecule has 128 valence electrons. The van der Waals surface area contributed by atoms with Crippen molar-refractivity contribution >= 4 is 5.91 Å². The number of oxazole rings is 1. The fourth-order valence-electron chi connectivity index (χ4n) is 2.33. The zero-order chi connectivity index (χ0) is 17.8. The van der Waals surface area contributed by atoms with Gasteiger partial charge in [0.15, 0.2) is 5.69 Å². The number of hydrogen-bond acceptors (Lipinski definition) is 4. The van der Waals surface area contributed by atoms with Gasteiger partial charge in [-0.15, -0.1) is 0 Å². The highest BCUT2D eigenvalue weighted by Gasteiger charge is 2.18. The second kappa shape index (κ2) is 7.17. The van der Waals surface area contributed by atoms with Crippen molar-refractivity contribution in [2.75, 3.05) is 7.11 Å². The van der Waals surface area contributed by atoms with Gasteiger partial charge in [0.2, 0.25) is 5.89 Å². The number of amides is 1. The lowest BCUT2D eigenvalue weighted by Gasteiger charge is -2.03. The summed E-state index contributed by atoms with van der Waals surface area (Å²) in [6.07, 6.45) is 0. The highest BCUT2D eigenvalue weighted by molar-refractivity contribution is 5.93. The summed E-state index contributed by atoms with van der Waals surface area (Å²) >= 11 is 0. The molecule has 6 heteroatoms. The number of rotatable bonds is 5. The standard InChI is InChI=1S/C19H17FN2O3/c1-12-17(18(23)21-11-13-3-7-15(20)8-4-13)22-19(25-12)14-5-9-16(24-2)10-6-14/h3-10H,11H2,1-2H3,(H,21,23). The van der Waals surface area contributed by atoms with Crippen LogP contribution in [0.25, 0.3) is 11.5 Å². The monoisotopic (exact) mass is 340 g/mol. The predicted octanol–water partition coefficient (Wildman–Crippen LogP) is 3.73. The quantitative estimate of drug-likeness (QED) is 0.769. The molecular weight excluding hydrogens is 323 g/mol. The summed E-state index contributed by atoms with van der Waals surface area (Å²) in [6, 6.07) is 13.2. The first-order chi connectivity index (χ1) is 12.1. The molecule has 1 aromatic heterocycles. The van der Waals surface area contributed by atoms with Crippen molar-refractivity contribution in [3.05, 3.63) is 71.4 Å². The van der Waals surface area contributed by atoms with Crippen molar-refractivity contribution in [3.8, 4) is 17.2 Å². The van der Waals surface area contributed by atoms with Gasteiger partial charge in [-0.1, -0.05) is 12.1 Å². The first-order valence-electron chi connectivity index (χ1n) is 7.71. The van der Waals surface area contributed by atoms with Gasteiger partial charge in [-0.25, -0.2) is 9.37 Å². The van der Waals surface area contributed by atoms with Crippen molar-refractivity contribution in [2.24, 2.45) is 0 Å². The summed E-state index contributed by atoms with van der Waals surface area (Å²) in [6.45, 7) is 1.97. The van der Waals surface area contributed by atoms with Crippen LogP contribution in [0.2, 0.25) is 0 Å². The molecule has 1 amide bonds. The summed E-state index contributed by atoms with van der Waals surface area (Å²) in [7, 11) is 1.59. The number of nitrogens with zero attached hydrogens (tertiary/aromatic N) is 1. The van der Waals surface area contributed by atoms with Gasteiger partial charge in [0, 0.05) is 12.1 Å². The lowest BCUT2D eigenvalue weighted by molar-refractivity contribution is 0.0945. The number of aromatic nitrogens is 1. The Bertz CT molecular complexity index is 871. The molecule has 3 rings (SSSR count). The molecular formula is C19H17FN2O3. The second-order valence-electron chi connectivity index (χ2n) is 5.46. The molecule has 0 saturated carbocycles. The molecule has 1 N–H and O–H groups in total. The summed E-state index contributed by atoms with van der Waals surface area (Å²) in [5, 5.41) is 2.75. The summed E-state index contributed by atoms with van der Waals surface area (Å²) < 4.78 is 23.6. The topological polar surface area (TPSA) is 64.4 Å². The van der Waals surface area contributed by atoms with Crippen LogP contribution in [0.4, 0.5) is 4.39 Å². The van der Waals surface area contributed by atoms with E-state index < -0.39 is 0 Å². The van der Waals surface area contributed by atoms with Crippen LogP contribution in [0, 0.1) is 12.7 Å². The SMILES string of the molecule is COc1ccc(-c2nc(C(=O)NCc3ccc(F)cc3)c(C)o2)cc1. The third-order valence-corrected chi connectivity index (χ3v) is 3.71. The predicted molar refractivity (Wildman–Crippen MR) is 90.8 cm³/mol. The van der Waals surface area contributed by atoms with Crippen molar-refractivity contribution in [2.45, 2.75) is 13.5 Å². The Morgan fingerprint density at radius 2 is 1.84 bits per heavy atom. The van der Waals surface area contributed by atoms with Crippen LogP contribution in [0.5, 0.6) is 5.75 Å². The third kappa shape index (κ3) is 3.85. The van der Waals surface area contributed by atoms with Gasteiger partial charge in [-0.3, -0.25) is 4.79 Å². The van der Waals surface area contributed by atoms with Gasteiger partial charge in [0.1, 0.15) is 17.3 Å². The van der Waals surface area contributed by atoms with Crippen molar-refractivity contribution in [1.82, 2.24) is 10.3 Å². The van der Waals surface area contributed by atoms with E-state index in [1.54, 1.807) is 38.3 Å². The molecule has 0 aliphatic carbocycles. The van der Waals surface area contributed by atoms with Gasteiger partial charge < -0.3 is 14.5 Å². The van der Waals surface area contributed by atoms with Gasteiger partial charge >= 0.3 is 0 Å². The van der Waals surface area contributed by atoms with E-state index in [0.717, 1.165) is 16.9 Å². The number of carbonyl (C=O) groups is 1. The van der Waals surface area contributed by atoms with Crippen LogP contribution in [0.1, 0.15) is 21.8 Å². The van der Waals surface area contributed by atoms with E-state index in [4.69, 9.17) is 9.15 Å². The minimum Gasteiger partial charge on any atom is -0.497 e. The van der Waals surface area contributed by atoms with E-state index in [-0.39, 0.29) is 24.0 Å². The molecule has 0 fully saturated rings. The lowest BCUT2D eigenvalue weighted by atomic mass is 10.2. The zero-order valence-corrected chi connectivity index (χ0v) is 13.9.